The van der Waals surface area contributed by atoms with Crippen molar-refractivity contribution in [3.63, 3.8) is 0 Å². The van der Waals surface area contributed by atoms with Crippen LogP contribution in [0.1, 0.15) is 23.1 Å². The van der Waals surface area contributed by atoms with E-state index in [1.54, 1.807) is 14.2 Å². The van der Waals surface area contributed by atoms with Crippen molar-refractivity contribution < 1.29 is 9.53 Å². The average molecular weight is 380 g/mol. The maximum Gasteiger partial charge on any atom is 0.237 e. The first kappa shape index (κ1) is 19.0. The van der Waals surface area contributed by atoms with Gasteiger partial charge in [-0.25, -0.2) is 0 Å². The summed E-state index contributed by atoms with van der Waals surface area (Å²) in [7, 11) is 3.43. The minimum absolute atomic E-state index is 0.0629. The number of nitrogens with one attached hydrogen (secondary N) is 2. The summed E-state index contributed by atoms with van der Waals surface area (Å²) in [5.74, 6) is 1.00. The summed E-state index contributed by atoms with van der Waals surface area (Å²) >= 11 is 0. The highest BCUT2D eigenvalue weighted by molar-refractivity contribution is 5.82. The molecule has 2 aromatic carbocycles. The number of nitrogens with zero attached hydrogens (tertiary/aromatic N) is 1. The molecule has 0 unspecified atom stereocenters. The number of likely N-dealkylation sites (tertiary alicyclic amines) is 1. The van der Waals surface area contributed by atoms with Crippen LogP contribution in [0.15, 0.2) is 48.5 Å². The van der Waals surface area contributed by atoms with Crippen molar-refractivity contribution in [1.29, 1.82) is 0 Å². The van der Waals surface area contributed by atoms with Crippen molar-refractivity contribution in [2.45, 2.75) is 43.9 Å². The van der Waals surface area contributed by atoms with Gasteiger partial charge in [0.15, 0.2) is 0 Å². The molecule has 2 aliphatic rings. The molecular weight excluding hydrogens is 350 g/mol. The first-order chi connectivity index (χ1) is 13.7. The van der Waals surface area contributed by atoms with Gasteiger partial charge in [-0.05, 0) is 48.1 Å². The Labute approximate surface area is 167 Å². The molecule has 1 fully saturated rings. The number of carbonyl (C=O) groups is 1. The fourth-order valence-electron chi connectivity index (χ4n) is 4.65. The zero-order valence-electron chi connectivity index (χ0n) is 16.7. The number of ether oxygens (including phenoxy) is 1. The molecular formula is C23H29N3O2. The van der Waals surface area contributed by atoms with Crippen LogP contribution in [0, 0.1) is 0 Å². The highest BCUT2D eigenvalue weighted by atomic mass is 16.5. The molecule has 0 saturated carbocycles. The van der Waals surface area contributed by atoms with Gasteiger partial charge in [0.2, 0.25) is 5.91 Å². The molecule has 2 aromatic rings. The van der Waals surface area contributed by atoms with E-state index in [1.807, 2.05) is 12.1 Å². The van der Waals surface area contributed by atoms with Gasteiger partial charge in [-0.3, -0.25) is 9.69 Å². The second kappa shape index (κ2) is 8.33. The molecule has 2 N–H and O–H groups in total. The summed E-state index contributed by atoms with van der Waals surface area (Å²) in [6.45, 7) is 1.68. The molecule has 1 aliphatic heterocycles. The normalized spacial score (nSPS) is 22.2. The Balaban J connectivity index is 1.43. The fourth-order valence-corrected chi connectivity index (χ4v) is 4.65. The van der Waals surface area contributed by atoms with E-state index in [4.69, 9.17) is 4.74 Å². The van der Waals surface area contributed by atoms with Crippen LogP contribution in [-0.4, -0.2) is 49.6 Å². The van der Waals surface area contributed by atoms with Crippen LogP contribution in [0.5, 0.6) is 5.75 Å². The molecule has 5 nitrogen and oxygen atoms in total. The quantitative estimate of drug-likeness (QED) is 0.808. The Kier molecular flexibility index (Phi) is 5.64. The predicted molar refractivity (Wildman–Crippen MR) is 110 cm³/mol. The summed E-state index contributed by atoms with van der Waals surface area (Å²) in [5, 5.41) is 6.52. The molecule has 2 atom stereocenters. The molecule has 1 amide bonds. The summed E-state index contributed by atoms with van der Waals surface area (Å²) in [4.78, 5) is 15.0. The standard InChI is InChI=1S/C23H29N3O2/c1-24-23(27)22-13-19(25-14-16-6-5-9-21(10-16)28-2)15-26(22)20-11-17-7-3-4-8-18(17)12-20/h3-10,19-20,22,25H,11-15H2,1-2H3,(H,24,27)/t19-,22-/m0/s1. The van der Waals surface area contributed by atoms with Gasteiger partial charge in [0.05, 0.1) is 13.2 Å². The molecule has 0 spiro atoms. The fraction of sp³-hybridized carbons (Fsp3) is 0.435. The number of likely N-dealkylation sites (N-methyl/N-ethyl adjacent to an activating group) is 1. The van der Waals surface area contributed by atoms with E-state index >= 15 is 0 Å². The van der Waals surface area contributed by atoms with Crippen molar-refractivity contribution >= 4 is 5.91 Å². The largest absolute Gasteiger partial charge is 0.497 e. The average Bonchev–Trinajstić information content (AvgIpc) is 3.35. The van der Waals surface area contributed by atoms with Gasteiger partial charge in [0.25, 0.3) is 0 Å². The molecule has 28 heavy (non-hydrogen) atoms. The number of hydrogen-bond acceptors (Lipinski definition) is 4. The van der Waals surface area contributed by atoms with Crippen LogP contribution in [0.3, 0.4) is 0 Å². The Morgan fingerprint density at radius 2 is 1.89 bits per heavy atom. The number of hydrogen-bond donors (Lipinski definition) is 2. The van der Waals surface area contributed by atoms with Crippen LogP contribution in [0.4, 0.5) is 0 Å². The molecule has 0 bridgehead atoms. The summed E-state index contributed by atoms with van der Waals surface area (Å²) in [6, 6.07) is 17.4. The highest BCUT2D eigenvalue weighted by Gasteiger charge is 2.41. The van der Waals surface area contributed by atoms with Crippen molar-refractivity contribution in [3.05, 3.63) is 65.2 Å². The van der Waals surface area contributed by atoms with E-state index in [1.165, 1.54) is 16.7 Å². The minimum Gasteiger partial charge on any atom is -0.497 e. The van der Waals surface area contributed by atoms with Gasteiger partial charge >= 0.3 is 0 Å². The zero-order chi connectivity index (χ0) is 19.5. The van der Waals surface area contributed by atoms with E-state index in [9.17, 15) is 4.79 Å². The van der Waals surface area contributed by atoms with Crippen molar-refractivity contribution in [1.82, 2.24) is 15.5 Å². The van der Waals surface area contributed by atoms with E-state index in [2.05, 4.69) is 51.9 Å². The molecule has 148 valence electrons. The van der Waals surface area contributed by atoms with E-state index in [0.717, 1.165) is 38.1 Å². The van der Waals surface area contributed by atoms with E-state index in [-0.39, 0.29) is 11.9 Å². The highest BCUT2D eigenvalue weighted by Crippen LogP contribution is 2.31. The van der Waals surface area contributed by atoms with Gasteiger partial charge in [-0.2, -0.15) is 0 Å². The first-order valence-corrected chi connectivity index (χ1v) is 10.1. The number of methoxy groups -OCH3 is 1. The Morgan fingerprint density at radius 3 is 2.57 bits per heavy atom. The molecule has 1 saturated heterocycles. The van der Waals surface area contributed by atoms with Gasteiger partial charge < -0.3 is 15.4 Å². The van der Waals surface area contributed by atoms with E-state index in [0.29, 0.717) is 12.1 Å². The lowest BCUT2D eigenvalue weighted by Gasteiger charge is -2.29. The van der Waals surface area contributed by atoms with Gasteiger partial charge in [0, 0.05) is 32.2 Å². The van der Waals surface area contributed by atoms with Crippen LogP contribution in [-0.2, 0) is 24.2 Å². The Bertz CT molecular complexity index is 813. The maximum absolute atomic E-state index is 12.6. The number of rotatable bonds is 6. The topological polar surface area (TPSA) is 53.6 Å². The molecule has 1 aliphatic carbocycles. The van der Waals surface area contributed by atoms with Gasteiger partial charge in [0.1, 0.15) is 5.75 Å². The molecule has 0 radical (unpaired) electrons. The van der Waals surface area contributed by atoms with Crippen LogP contribution >= 0.6 is 0 Å². The van der Waals surface area contributed by atoms with Crippen LogP contribution in [0.2, 0.25) is 0 Å². The van der Waals surface area contributed by atoms with Crippen LogP contribution in [0.25, 0.3) is 0 Å². The molecule has 5 heteroatoms. The van der Waals surface area contributed by atoms with Crippen molar-refractivity contribution in [3.8, 4) is 5.75 Å². The molecule has 0 aromatic heterocycles. The summed E-state index contributed by atoms with van der Waals surface area (Å²) in [6.07, 6.45) is 2.91. The number of amides is 1. The lowest BCUT2D eigenvalue weighted by Crippen LogP contribution is -2.47. The SMILES string of the molecule is CNC(=O)[C@@H]1C[C@H](NCc2cccc(OC)c2)CN1C1Cc2ccccc2C1. The van der Waals surface area contributed by atoms with Gasteiger partial charge in [-0.1, -0.05) is 36.4 Å². The summed E-state index contributed by atoms with van der Waals surface area (Å²) < 4.78 is 5.32. The minimum atomic E-state index is -0.0629. The third kappa shape index (κ3) is 3.91. The second-order valence-electron chi connectivity index (χ2n) is 7.82. The lowest BCUT2D eigenvalue weighted by atomic mass is 10.1. The first-order valence-electron chi connectivity index (χ1n) is 10.1. The third-order valence-corrected chi connectivity index (χ3v) is 6.12. The Morgan fingerprint density at radius 1 is 1.14 bits per heavy atom. The van der Waals surface area contributed by atoms with E-state index < -0.39 is 0 Å². The maximum atomic E-state index is 12.6. The molecule has 4 rings (SSSR count). The molecule has 1 heterocycles. The lowest BCUT2D eigenvalue weighted by molar-refractivity contribution is -0.125. The van der Waals surface area contributed by atoms with Crippen LogP contribution < -0.4 is 15.4 Å². The van der Waals surface area contributed by atoms with Crippen molar-refractivity contribution in [2.75, 3.05) is 20.7 Å². The summed E-state index contributed by atoms with van der Waals surface area (Å²) in [5.41, 5.74) is 4.05. The zero-order valence-corrected chi connectivity index (χ0v) is 16.7. The third-order valence-electron chi connectivity index (χ3n) is 6.12. The van der Waals surface area contributed by atoms with Crippen molar-refractivity contribution in [2.24, 2.45) is 0 Å². The number of benzene rings is 2. The number of carbonyl (C=O) groups excluding carboxylic acids is 1. The number of fused-ring (bicyclic) bond motifs is 1. The monoisotopic (exact) mass is 379 g/mol. The predicted octanol–water partition coefficient (Wildman–Crippen LogP) is 2.14. The smallest absolute Gasteiger partial charge is 0.237 e. The second-order valence-corrected chi connectivity index (χ2v) is 7.82. The van der Waals surface area contributed by atoms with Gasteiger partial charge in [-0.15, -0.1) is 0 Å². The Hall–Kier alpha value is -2.37.